The molecule has 0 radical (unpaired) electrons. The fourth-order valence-electron chi connectivity index (χ4n) is 2.38. The van der Waals surface area contributed by atoms with Crippen LogP contribution in [0.25, 0.3) is 0 Å². The fourth-order valence-corrected chi connectivity index (χ4v) is 2.38. The van der Waals surface area contributed by atoms with Gasteiger partial charge in [-0.15, -0.1) is 0 Å². The highest BCUT2D eigenvalue weighted by Crippen LogP contribution is 2.26. The SMILES string of the molecule is Cc1ccc(N2CCC(C(=O)O)CC2)c(C#N)c1. The number of nitrogens with zero attached hydrogens (tertiary/aromatic N) is 2. The Balaban J connectivity index is 2.15. The highest BCUT2D eigenvalue weighted by molar-refractivity contribution is 5.70. The van der Waals surface area contributed by atoms with E-state index in [9.17, 15) is 4.79 Å². The molecule has 1 fully saturated rings. The number of carbonyl (C=O) groups is 1. The lowest BCUT2D eigenvalue weighted by atomic mass is 9.96. The van der Waals surface area contributed by atoms with Gasteiger partial charge in [0.15, 0.2) is 0 Å². The molecule has 0 aromatic heterocycles. The summed E-state index contributed by atoms with van der Waals surface area (Å²) in [5.41, 5.74) is 2.66. The Morgan fingerprint density at radius 3 is 2.67 bits per heavy atom. The first kappa shape index (κ1) is 12.4. The molecule has 94 valence electrons. The van der Waals surface area contributed by atoms with Crippen molar-refractivity contribution in [1.82, 2.24) is 0 Å². The van der Waals surface area contributed by atoms with E-state index in [0.717, 1.165) is 11.3 Å². The molecular weight excluding hydrogens is 228 g/mol. The number of piperidine rings is 1. The average Bonchev–Trinajstić information content (AvgIpc) is 2.38. The van der Waals surface area contributed by atoms with Crippen molar-refractivity contribution in [3.63, 3.8) is 0 Å². The molecule has 18 heavy (non-hydrogen) atoms. The van der Waals surface area contributed by atoms with Gasteiger partial charge in [-0.1, -0.05) is 6.07 Å². The molecule has 1 saturated heterocycles. The predicted octanol–water partition coefficient (Wildman–Crippen LogP) is 2.17. The summed E-state index contributed by atoms with van der Waals surface area (Å²) in [7, 11) is 0. The Hall–Kier alpha value is -2.02. The van der Waals surface area contributed by atoms with Crippen molar-refractivity contribution >= 4 is 11.7 Å². The van der Waals surface area contributed by atoms with Crippen LogP contribution in [0.3, 0.4) is 0 Å². The molecule has 1 heterocycles. The van der Waals surface area contributed by atoms with E-state index in [2.05, 4.69) is 11.0 Å². The number of carboxylic acids is 1. The Labute approximate surface area is 106 Å². The molecule has 0 unspecified atom stereocenters. The Bertz CT molecular complexity index is 497. The number of rotatable bonds is 2. The van der Waals surface area contributed by atoms with Crippen LogP contribution in [0.4, 0.5) is 5.69 Å². The zero-order chi connectivity index (χ0) is 13.1. The van der Waals surface area contributed by atoms with Gasteiger partial charge in [-0.25, -0.2) is 0 Å². The lowest BCUT2D eigenvalue weighted by Gasteiger charge is -2.32. The minimum atomic E-state index is -0.709. The number of hydrogen-bond acceptors (Lipinski definition) is 3. The van der Waals surface area contributed by atoms with Crippen molar-refractivity contribution in [2.75, 3.05) is 18.0 Å². The molecule has 1 aromatic rings. The first-order chi connectivity index (χ1) is 8.61. The van der Waals surface area contributed by atoms with E-state index in [1.807, 2.05) is 25.1 Å². The second-order valence-corrected chi connectivity index (χ2v) is 4.73. The van der Waals surface area contributed by atoms with E-state index in [0.29, 0.717) is 31.5 Å². The Morgan fingerprint density at radius 1 is 1.44 bits per heavy atom. The van der Waals surface area contributed by atoms with Gasteiger partial charge in [0.1, 0.15) is 6.07 Å². The summed E-state index contributed by atoms with van der Waals surface area (Å²) < 4.78 is 0. The van der Waals surface area contributed by atoms with Gasteiger partial charge >= 0.3 is 5.97 Å². The number of aliphatic carboxylic acids is 1. The molecule has 1 aromatic carbocycles. The van der Waals surface area contributed by atoms with Gasteiger partial charge in [-0.05, 0) is 37.5 Å². The van der Waals surface area contributed by atoms with E-state index in [4.69, 9.17) is 10.4 Å². The number of aryl methyl sites for hydroxylation is 1. The van der Waals surface area contributed by atoms with Gasteiger partial charge in [0, 0.05) is 13.1 Å². The van der Waals surface area contributed by atoms with E-state index in [1.54, 1.807) is 0 Å². The molecule has 0 saturated carbocycles. The lowest BCUT2D eigenvalue weighted by Crippen LogP contribution is -2.36. The van der Waals surface area contributed by atoms with E-state index in [1.165, 1.54) is 0 Å². The van der Waals surface area contributed by atoms with Crippen LogP contribution in [-0.2, 0) is 4.79 Å². The van der Waals surface area contributed by atoms with Crippen LogP contribution in [0.2, 0.25) is 0 Å². The van der Waals surface area contributed by atoms with E-state index < -0.39 is 5.97 Å². The minimum absolute atomic E-state index is 0.239. The summed E-state index contributed by atoms with van der Waals surface area (Å²) in [6.45, 7) is 3.37. The van der Waals surface area contributed by atoms with Crippen molar-refractivity contribution in [1.29, 1.82) is 5.26 Å². The molecule has 2 rings (SSSR count). The molecule has 0 aliphatic carbocycles. The van der Waals surface area contributed by atoms with Crippen LogP contribution in [-0.4, -0.2) is 24.2 Å². The van der Waals surface area contributed by atoms with Crippen molar-refractivity contribution in [3.05, 3.63) is 29.3 Å². The quantitative estimate of drug-likeness (QED) is 0.866. The third kappa shape index (κ3) is 2.45. The summed E-state index contributed by atoms with van der Waals surface area (Å²) >= 11 is 0. The van der Waals surface area contributed by atoms with Crippen LogP contribution in [0.5, 0.6) is 0 Å². The topological polar surface area (TPSA) is 64.3 Å². The lowest BCUT2D eigenvalue weighted by molar-refractivity contribution is -0.142. The van der Waals surface area contributed by atoms with Crippen LogP contribution in [0.1, 0.15) is 24.0 Å². The molecule has 0 spiro atoms. The van der Waals surface area contributed by atoms with Crippen LogP contribution in [0, 0.1) is 24.2 Å². The molecule has 4 heteroatoms. The summed E-state index contributed by atoms with van der Waals surface area (Å²) in [5.74, 6) is -0.948. The van der Waals surface area contributed by atoms with Gasteiger partial charge in [0.05, 0.1) is 17.2 Å². The second kappa shape index (κ2) is 5.09. The van der Waals surface area contributed by atoms with Crippen molar-refractivity contribution in [3.8, 4) is 6.07 Å². The van der Waals surface area contributed by atoms with E-state index in [-0.39, 0.29) is 5.92 Å². The third-order valence-electron chi connectivity index (χ3n) is 3.46. The highest BCUT2D eigenvalue weighted by atomic mass is 16.4. The van der Waals surface area contributed by atoms with Gasteiger partial charge in [-0.3, -0.25) is 4.79 Å². The van der Waals surface area contributed by atoms with Gasteiger partial charge < -0.3 is 10.0 Å². The first-order valence-corrected chi connectivity index (χ1v) is 6.10. The maximum absolute atomic E-state index is 10.9. The molecule has 4 nitrogen and oxygen atoms in total. The van der Waals surface area contributed by atoms with Crippen molar-refractivity contribution in [2.24, 2.45) is 5.92 Å². The van der Waals surface area contributed by atoms with Crippen LogP contribution >= 0.6 is 0 Å². The van der Waals surface area contributed by atoms with Gasteiger partial charge in [0.25, 0.3) is 0 Å². The molecule has 0 atom stereocenters. The fraction of sp³-hybridized carbons (Fsp3) is 0.429. The number of anilines is 1. The summed E-state index contributed by atoms with van der Waals surface area (Å²) in [5, 5.41) is 18.1. The monoisotopic (exact) mass is 244 g/mol. The summed E-state index contributed by atoms with van der Waals surface area (Å²) in [6, 6.07) is 8.02. The number of hydrogen-bond donors (Lipinski definition) is 1. The van der Waals surface area contributed by atoms with E-state index >= 15 is 0 Å². The molecule has 1 aliphatic heterocycles. The zero-order valence-electron chi connectivity index (χ0n) is 10.4. The standard InChI is InChI=1S/C14H16N2O2/c1-10-2-3-13(12(8-10)9-15)16-6-4-11(5-7-16)14(17)18/h2-3,8,11H,4-7H2,1H3,(H,17,18). The average molecular weight is 244 g/mol. The number of carboxylic acid groups (broad SMARTS) is 1. The number of benzene rings is 1. The molecule has 1 aliphatic rings. The Morgan fingerprint density at radius 2 is 2.11 bits per heavy atom. The maximum atomic E-state index is 10.9. The van der Waals surface area contributed by atoms with Crippen LogP contribution < -0.4 is 4.90 Å². The third-order valence-corrected chi connectivity index (χ3v) is 3.46. The zero-order valence-corrected chi connectivity index (χ0v) is 10.4. The smallest absolute Gasteiger partial charge is 0.306 e. The van der Waals surface area contributed by atoms with Gasteiger partial charge in [0.2, 0.25) is 0 Å². The molecule has 1 N–H and O–H groups in total. The highest BCUT2D eigenvalue weighted by Gasteiger charge is 2.25. The van der Waals surface area contributed by atoms with Crippen molar-refractivity contribution in [2.45, 2.75) is 19.8 Å². The first-order valence-electron chi connectivity index (χ1n) is 6.10. The van der Waals surface area contributed by atoms with Crippen molar-refractivity contribution < 1.29 is 9.90 Å². The predicted molar refractivity (Wildman–Crippen MR) is 68.5 cm³/mol. The summed E-state index contributed by atoms with van der Waals surface area (Å²) in [6.07, 6.45) is 1.29. The number of nitriles is 1. The largest absolute Gasteiger partial charge is 0.481 e. The molecule has 0 amide bonds. The Kier molecular flexibility index (Phi) is 3.52. The molecular formula is C14H16N2O2. The van der Waals surface area contributed by atoms with Crippen LogP contribution in [0.15, 0.2) is 18.2 Å². The second-order valence-electron chi connectivity index (χ2n) is 4.73. The minimum Gasteiger partial charge on any atom is -0.481 e. The normalized spacial score (nSPS) is 16.3. The van der Waals surface area contributed by atoms with Gasteiger partial charge in [-0.2, -0.15) is 5.26 Å². The summed E-state index contributed by atoms with van der Waals surface area (Å²) in [4.78, 5) is 13.0. The maximum Gasteiger partial charge on any atom is 0.306 e. The molecule has 0 bridgehead atoms.